The van der Waals surface area contributed by atoms with Crippen LogP contribution < -0.4 is 5.43 Å². The van der Waals surface area contributed by atoms with Gasteiger partial charge in [-0.3, -0.25) is 5.43 Å². The Bertz CT molecular complexity index is 763. The predicted octanol–water partition coefficient (Wildman–Crippen LogP) is 3.29. The Labute approximate surface area is 115 Å². The number of hydrogen-bond acceptors (Lipinski definition) is 5. The normalized spacial score (nSPS) is 11.2. The lowest BCUT2D eigenvalue weighted by Crippen LogP contribution is -1.91. The highest BCUT2D eigenvalue weighted by atomic mass is 16.5. The monoisotopic (exact) mass is 267 g/mol. The van der Waals surface area contributed by atoms with Gasteiger partial charge in [0.05, 0.1) is 23.2 Å². The molecule has 0 fully saturated rings. The van der Waals surface area contributed by atoms with E-state index in [-0.39, 0.29) is 5.75 Å². The van der Waals surface area contributed by atoms with Gasteiger partial charge in [-0.2, -0.15) is 5.10 Å². The highest BCUT2D eigenvalue weighted by Gasteiger charge is 2.11. The number of phenols is 1. The minimum atomic E-state index is 0.104. The Balaban J connectivity index is 1.92. The minimum absolute atomic E-state index is 0.104. The Morgan fingerprint density at radius 3 is 2.80 bits per heavy atom. The lowest BCUT2D eigenvalue weighted by atomic mass is 10.1. The average Bonchev–Trinajstić information content (AvgIpc) is 2.84. The molecule has 5 heteroatoms. The van der Waals surface area contributed by atoms with Crippen LogP contribution in [-0.4, -0.2) is 16.5 Å². The number of phenolic OH excluding ortho intramolecular Hbond substituents is 1. The van der Waals surface area contributed by atoms with Gasteiger partial charge in [-0.15, -0.1) is 0 Å². The van der Waals surface area contributed by atoms with E-state index in [0.29, 0.717) is 11.1 Å². The van der Waals surface area contributed by atoms with Crippen molar-refractivity contribution in [3.05, 3.63) is 53.7 Å². The molecule has 0 amide bonds. The van der Waals surface area contributed by atoms with E-state index >= 15 is 0 Å². The zero-order valence-corrected chi connectivity index (χ0v) is 10.9. The van der Waals surface area contributed by atoms with E-state index in [4.69, 9.17) is 4.52 Å². The molecule has 2 aromatic carbocycles. The first-order valence-electron chi connectivity index (χ1n) is 6.18. The summed E-state index contributed by atoms with van der Waals surface area (Å²) in [6.45, 7) is 1.85. The lowest BCUT2D eigenvalue weighted by Gasteiger charge is -2.00. The zero-order valence-electron chi connectivity index (χ0n) is 10.9. The van der Waals surface area contributed by atoms with Gasteiger partial charge in [0, 0.05) is 5.39 Å². The number of aryl methyl sites for hydroxylation is 1. The smallest absolute Gasteiger partial charge is 0.179 e. The molecule has 0 atom stereocenters. The summed E-state index contributed by atoms with van der Waals surface area (Å²) < 4.78 is 5.23. The Kier molecular flexibility index (Phi) is 3.09. The summed E-state index contributed by atoms with van der Waals surface area (Å²) in [5, 5.41) is 18.8. The van der Waals surface area contributed by atoms with E-state index in [1.807, 2.05) is 37.3 Å². The number of hydrogen-bond donors (Lipinski definition) is 2. The first kappa shape index (κ1) is 12.2. The zero-order chi connectivity index (χ0) is 13.9. The number of nitrogens with one attached hydrogen (secondary N) is 1. The first-order chi connectivity index (χ1) is 9.75. The van der Waals surface area contributed by atoms with E-state index in [0.717, 1.165) is 16.8 Å². The maximum Gasteiger partial charge on any atom is 0.179 e. The molecule has 0 radical (unpaired) electrons. The van der Waals surface area contributed by atoms with Crippen LogP contribution in [0.1, 0.15) is 11.3 Å². The molecule has 2 N–H and O–H groups in total. The fraction of sp³-hybridized carbons (Fsp3) is 0.0667. The number of rotatable bonds is 3. The highest BCUT2D eigenvalue weighted by Crippen LogP contribution is 2.27. The Morgan fingerprint density at radius 2 is 2.00 bits per heavy atom. The van der Waals surface area contributed by atoms with Crippen molar-refractivity contribution in [3.8, 4) is 5.75 Å². The van der Waals surface area contributed by atoms with Crippen LogP contribution in [0.25, 0.3) is 11.0 Å². The average molecular weight is 267 g/mol. The molecule has 0 bridgehead atoms. The molecular weight excluding hydrogens is 254 g/mol. The first-order valence-corrected chi connectivity index (χ1v) is 6.18. The van der Waals surface area contributed by atoms with Gasteiger partial charge in [-0.1, -0.05) is 23.4 Å². The molecule has 0 saturated carbocycles. The maximum atomic E-state index is 9.91. The molecule has 5 nitrogen and oxygen atoms in total. The number of anilines is 1. The molecule has 0 aliphatic carbocycles. The van der Waals surface area contributed by atoms with Crippen LogP contribution in [0.15, 0.2) is 52.1 Å². The van der Waals surface area contributed by atoms with E-state index in [2.05, 4.69) is 15.7 Å². The van der Waals surface area contributed by atoms with E-state index < -0.39 is 0 Å². The molecular formula is C15H13N3O2. The summed E-state index contributed by atoms with van der Waals surface area (Å²) in [6, 6.07) is 12.9. The number of nitrogens with zero attached hydrogens (tertiary/aromatic N) is 2. The van der Waals surface area contributed by atoms with Gasteiger partial charge in [-0.25, -0.2) is 0 Å². The topological polar surface area (TPSA) is 70.7 Å². The number of hydrazone groups is 1. The fourth-order valence-corrected chi connectivity index (χ4v) is 1.94. The van der Waals surface area contributed by atoms with Crippen molar-refractivity contribution in [2.45, 2.75) is 6.92 Å². The molecule has 3 aromatic rings. The summed E-state index contributed by atoms with van der Waals surface area (Å²) in [4.78, 5) is 0. The summed E-state index contributed by atoms with van der Waals surface area (Å²) in [5.74, 6) is 0.104. The molecule has 1 heterocycles. The van der Waals surface area contributed by atoms with Crippen molar-refractivity contribution in [3.63, 3.8) is 0 Å². The van der Waals surface area contributed by atoms with Gasteiger partial charge in [0.15, 0.2) is 5.58 Å². The molecule has 1 aromatic heterocycles. The molecule has 3 rings (SSSR count). The largest absolute Gasteiger partial charge is 0.507 e. The SMILES string of the molecule is Cc1noc2c(C=NNc3ccccc3)c(O)ccc12. The summed E-state index contributed by atoms with van der Waals surface area (Å²) in [6.07, 6.45) is 1.52. The molecule has 0 aliphatic heterocycles. The maximum absolute atomic E-state index is 9.91. The number of para-hydroxylation sites is 1. The van der Waals surface area contributed by atoms with Crippen LogP contribution in [-0.2, 0) is 0 Å². The van der Waals surface area contributed by atoms with Gasteiger partial charge >= 0.3 is 0 Å². The fourth-order valence-electron chi connectivity index (χ4n) is 1.94. The number of fused-ring (bicyclic) bond motifs is 1. The van der Waals surface area contributed by atoms with Gasteiger partial charge in [0.25, 0.3) is 0 Å². The molecule has 0 aliphatic rings. The third-order valence-electron chi connectivity index (χ3n) is 3.00. The van der Waals surface area contributed by atoms with Crippen LogP contribution in [0.4, 0.5) is 5.69 Å². The molecule has 20 heavy (non-hydrogen) atoms. The second-order valence-electron chi connectivity index (χ2n) is 4.38. The van der Waals surface area contributed by atoms with Crippen molar-refractivity contribution in [1.82, 2.24) is 5.16 Å². The number of aromatic nitrogens is 1. The molecule has 0 saturated heterocycles. The van der Waals surface area contributed by atoms with Crippen LogP contribution in [0, 0.1) is 6.92 Å². The van der Waals surface area contributed by atoms with Gasteiger partial charge in [-0.05, 0) is 31.2 Å². The van der Waals surface area contributed by atoms with Crippen molar-refractivity contribution in [2.75, 3.05) is 5.43 Å². The minimum Gasteiger partial charge on any atom is -0.507 e. The van der Waals surface area contributed by atoms with E-state index in [1.165, 1.54) is 6.21 Å². The summed E-state index contributed by atoms with van der Waals surface area (Å²) in [7, 11) is 0. The number of aromatic hydroxyl groups is 1. The van der Waals surface area contributed by atoms with E-state index in [1.54, 1.807) is 12.1 Å². The number of benzene rings is 2. The quantitative estimate of drug-likeness (QED) is 0.564. The van der Waals surface area contributed by atoms with Gasteiger partial charge < -0.3 is 9.63 Å². The standard InChI is InChI=1S/C15H13N3O2/c1-10-12-7-8-14(19)13(15(12)20-18-10)9-16-17-11-5-3-2-4-6-11/h2-9,17,19H,1H3. The second kappa shape index (κ2) is 5.05. The van der Waals surface area contributed by atoms with Gasteiger partial charge in [0.2, 0.25) is 0 Å². The third kappa shape index (κ3) is 2.21. The van der Waals surface area contributed by atoms with Crippen molar-refractivity contribution in [1.29, 1.82) is 0 Å². The predicted molar refractivity (Wildman–Crippen MR) is 78.1 cm³/mol. The third-order valence-corrected chi connectivity index (χ3v) is 3.00. The van der Waals surface area contributed by atoms with Crippen LogP contribution >= 0.6 is 0 Å². The molecule has 100 valence electrons. The summed E-state index contributed by atoms with van der Waals surface area (Å²) >= 11 is 0. The van der Waals surface area contributed by atoms with Crippen LogP contribution in [0.2, 0.25) is 0 Å². The van der Waals surface area contributed by atoms with E-state index in [9.17, 15) is 5.11 Å². The molecule has 0 spiro atoms. The molecule has 0 unspecified atom stereocenters. The van der Waals surface area contributed by atoms with Crippen molar-refractivity contribution < 1.29 is 9.63 Å². The Morgan fingerprint density at radius 1 is 1.20 bits per heavy atom. The van der Waals surface area contributed by atoms with Crippen LogP contribution in [0.3, 0.4) is 0 Å². The second-order valence-corrected chi connectivity index (χ2v) is 4.38. The lowest BCUT2D eigenvalue weighted by molar-refractivity contribution is 0.443. The Hall–Kier alpha value is -2.82. The highest BCUT2D eigenvalue weighted by molar-refractivity contribution is 6.00. The van der Waals surface area contributed by atoms with Crippen molar-refractivity contribution >= 4 is 22.9 Å². The van der Waals surface area contributed by atoms with Crippen LogP contribution in [0.5, 0.6) is 5.75 Å². The summed E-state index contributed by atoms with van der Waals surface area (Å²) in [5.41, 5.74) is 5.57. The van der Waals surface area contributed by atoms with Gasteiger partial charge in [0.1, 0.15) is 5.75 Å². The van der Waals surface area contributed by atoms with Crippen molar-refractivity contribution in [2.24, 2.45) is 5.10 Å².